The van der Waals surface area contributed by atoms with Crippen LogP contribution in [0.3, 0.4) is 0 Å². The fourth-order valence-corrected chi connectivity index (χ4v) is 2.40. The van der Waals surface area contributed by atoms with Crippen molar-refractivity contribution in [3.63, 3.8) is 0 Å². The molecule has 0 aromatic carbocycles. The minimum Gasteiger partial charge on any atom is -0.480 e. The summed E-state index contributed by atoms with van der Waals surface area (Å²) < 4.78 is 0. The normalized spacial score (nSPS) is 16.0. The Morgan fingerprint density at radius 1 is 0.900 bits per heavy atom. The Labute approximate surface area is 173 Å². The molecule has 0 aliphatic rings. The molecule has 0 saturated carbocycles. The van der Waals surface area contributed by atoms with E-state index in [-0.39, 0.29) is 12.3 Å². The number of carboxylic acids is 1. The minimum atomic E-state index is -1.59. The molecule has 4 amide bonds. The molecule has 30 heavy (non-hydrogen) atoms. The number of aliphatic hydroxyl groups is 2. The molecule has 5 atom stereocenters. The second-order valence-corrected chi connectivity index (χ2v) is 7.28. The summed E-state index contributed by atoms with van der Waals surface area (Å²) in [4.78, 5) is 58.9. The van der Waals surface area contributed by atoms with Gasteiger partial charge in [0.15, 0.2) is 6.04 Å². The number of primary amides is 1. The van der Waals surface area contributed by atoms with E-state index in [4.69, 9.17) is 16.6 Å². The predicted octanol–water partition coefficient (Wildman–Crippen LogP) is -3.85. The van der Waals surface area contributed by atoms with Crippen LogP contribution in [0.1, 0.15) is 33.6 Å². The van der Waals surface area contributed by atoms with Crippen molar-refractivity contribution in [1.82, 2.24) is 16.0 Å². The van der Waals surface area contributed by atoms with Gasteiger partial charge < -0.3 is 42.7 Å². The van der Waals surface area contributed by atoms with Crippen molar-refractivity contribution in [3.8, 4) is 0 Å². The lowest BCUT2D eigenvalue weighted by molar-refractivity contribution is -0.145. The molecular weight excluding hydrogens is 402 g/mol. The monoisotopic (exact) mass is 433 g/mol. The first kappa shape index (κ1) is 27.2. The zero-order valence-corrected chi connectivity index (χ0v) is 17.1. The van der Waals surface area contributed by atoms with Gasteiger partial charge in [0.05, 0.1) is 25.2 Å². The number of hydrogen-bond donors (Lipinski definition) is 8. The lowest BCUT2D eigenvalue weighted by atomic mass is 10.0. The summed E-state index contributed by atoms with van der Waals surface area (Å²) in [5.41, 5.74) is 10.4. The molecule has 13 heteroatoms. The number of aliphatic hydroxyl groups excluding tert-OH is 2. The van der Waals surface area contributed by atoms with Crippen molar-refractivity contribution in [2.75, 3.05) is 6.61 Å². The van der Waals surface area contributed by atoms with Gasteiger partial charge in [0.2, 0.25) is 23.6 Å². The average Bonchev–Trinajstić information content (AvgIpc) is 2.61. The fourth-order valence-electron chi connectivity index (χ4n) is 2.40. The molecule has 0 radical (unpaired) electrons. The predicted molar refractivity (Wildman–Crippen MR) is 103 cm³/mol. The maximum atomic E-state index is 12.5. The Hall–Kier alpha value is -2.77. The summed E-state index contributed by atoms with van der Waals surface area (Å²) in [6.07, 6.45) is -1.75. The zero-order valence-electron chi connectivity index (χ0n) is 17.1. The summed E-state index contributed by atoms with van der Waals surface area (Å²) in [5.74, 6) is -5.09. The molecule has 0 heterocycles. The number of amides is 4. The Bertz CT molecular complexity index is 640. The third kappa shape index (κ3) is 9.62. The van der Waals surface area contributed by atoms with Gasteiger partial charge in [-0.3, -0.25) is 19.2 Å². The average molecular weight is 433 g/mol. The van der Waals surface area contributed by atoms with Crippen LogP contribution in [-0.4, -0.2) is 81.8 Å². The molecule has 13 nitrogen and oxygen atoms in total. The van der Waals surface area contributed by atoms with Crippen LogP contribution in [0, 0.1) is 5.92 Å². The molecule has 0 aromatic heterocycles. The Morgan fingerprint density at radius 3 is 1.80 bits per heavy atom. The number of carboxylic acid groups (broad SMARTS) is 1. The number of nitrogens with one attached hydrogen (secondary N) is 3. The first-order valence-electron chi connectivity index (χ1n) is 9.26. The van der Waals surface area contributed by atoms with Crippen LogP contribution in [0.25, 0.3) is 0 Å². The molecule has 0 fully saturated rings. The summed E-state index contributed by atoms with van der Waals surface area (Å²) in [5, 5.41) is 34.6. The van der Waals surface area contributed by atoms with E-state index in [1.807, 2.05) is 0 Å². The van der Waals surface area contributed by atoms with Crippen LogP contribution < -0.4 is 27.4 Å². The molecule has 0 aromatic rings. The summed E-state index contributed by atoms with van der Waals surface area (Å²) in [7, 11) is 0. The third-order valence-electron chi connectivity index (χ3n) is 3.96. The highest BCUT2D eigenvalue weighted by molar-refractivity contribution is 5.95. The van der Waals surface area contributed by atoms with Gasteiger partial charge in [0.25, 0.3) is 0 Å². The number of carbonyl (C=O) groups excluding carboxylic acids is 4. The highest BCUT2D eigenvalue weighted by Gasteiger charge is 2.32. The molecule has 0 aliphatic carbocycles. The van der Waals surface area contributed by atoms with Gasteiger partial charge in [0, 0.05) is 0 Å². The van der Waals surface area contributed by atoms with Gasteiger partial charge in [-0.2, -0.15) is 0 Å². The lowest BCUT2D eigenvalue weighted by Crippen LogP contribution is -2.59. The second-order valence-electron chi connectivity index (χ2n) is 7.28. The molecule has 0 aliphatic heterocycles. The SMILES string of the molecule is CC(C)CC(NC(=O)C(CO)NC(=O)C(N)CC(N)=O)C(=O)NC(C(=O)O)C(C)O. The van der Waals surface area contributed by atoms with Gasteiger partial charge in [0.1, 0.15) is 12.1 Å². The van der Waals surface area contributed by atoms with Crippen molar-refractivity contribution in [2.45, 2.75) is 63.9 Å². The standard InChI is InChI=1S/C17H31N5O8/c1-7(2)4-10(15(27)22-13(8(3)24)17(29)30)20-16(28)11(6-23)21-14(26)9(18)5-12(19)25/h7-11,13,23-24H,4-6,18H2,1-3H3,(H2,19,25)(H,20,28)(H,21,26)(H,22,27)(H,29,30). The maximum absolute atomic E-state index is 12.5. The molecule has 0 saturated heterocycles. The zero-order chi connectivity index (χ0) is 23.6. The lowest BCUT2D eigenvalue weighted by Gasteiger charge is -2.26. The van der Waals surface area contributed by atoms with Crippen molar-refractivity contribution < 1.29 is 39.3 Å². The largest absolute Gasteiger partial charge is 0.480 e. The second kappa shape index (κ2) is 12.7. The Morgan fingerprint density at radius 2 is 1.40 bits per heavy atom. The molecular formula is C17H31N5O8. The number of nitrogens with two attached hydrogens (primary N) is 2. The van der Waals surface area contributed by atoms with E-state index in [1.54, 1.807) is 13.8 Å². The number of aliphatic carboxylic acids is 1. The molecule has 0 spiro atoms. The van der Waals surface area contributed by atoms with Crippen LogP contribution in [-0.2, 0) is 24.0 Å². The summed E-state index contributed by atoms with van der Waals surface area (Å²) >= 11 is 0. The maximum Gasteiger partial charge on any atom is 0.328 e. The van der Waals surface area contributed by atoms with E-state index in [9.17, 15) is 34.2 Å². The van der Waals surface area contributed by atoms with E-state index in [2.05, 4.69) is 16.0 Å². The van der Waals surface area contributed by atoms with Gasteiger partial charge in [-0.1, -0.05) is 13.8 Å². The fraction of sp³-hybridized carbons (Fsp3) is 0.706. The summed E-state index contributed by atoms with van der Waals surface area (Å²) in [6, 6.07) is -5.61. The van der Waals surface area contributed by atoms with E-state index in [0.29, 0.717) is 0 Å². The Balaban J connectivity index is 5.26. The van der Waals surface area contributed by atoms with Crippen molar-refractivity contribution in [1.29, 1.82) is 0 Å². The van der Waals surface area contributed by atoms with E-state index < -0.39 is 72.9 Å². The Kier molecular flexibility index (Phi) is 11.5. The molecule has 5 unspecified atom stereocenters. The molecule has 172 valence electrons. The number of carbonyl (C=O) groups is 5. The van der Waals surface area contributed by atoms with Crippen molar-refractivity contribution in [2.24, 2.45) is 17.4 Å². The van der Waals surface area contributed by atoms with Crippen LogP contribution in [0.5, 0.6) is 0 Å². The minimum absolute atomic E-state index is 0.0953. The van der Waals surface area contributed by atoms with Crippen LogP contribution >= 0.6 is 0 Å². The van der Waals surface area contributed by atoms with Gasteiger partial charge >= 0.3 is 5.97 Å². The van der Waals surface area contributed by atoms with Crippen molar-refractivity contribution >= 4 is 29.6 Å². The first-order valence-corrected chi connectivity index (χ1v) is 9.26. The van der Waals surface area contributed by atoms with Gasteiger partial charge in [-0.15, -0.1) is 0 Å². The smallest absolute Gasteiger partial charge is 0.328 e. The van der Waals surface area contributed by atoms with Crippen LogP contribution in [0.15, 0.2) is 0 Å². The van der Waals surface area contributed by atoms with Gasteiger partial charge in [-0.05, 0) is 19.3 Å². The van der Waals surface area contributed by atoms with Crippen molar-refractivity contribution in [3.05, 3.63) is 0 Å². The molecule has 0 rings (SSSR count). The molecule has 0 bridgehead atoms. The topological polar surface area (TPSA) is 234 Å². The molecule has 10 N–H and O–H groups in total. The highest BCUT2D eigenvalue weighted by atomic mass is 16.4. The van der Waals surface area contributed by atoms with E-state index in [1.165, 1.54) is 6.92 Å². The third-order valence-corrected chi connectivity index (χ3v) is 3.96. The quantitative estimate of drug-likeness (QED) is 0.142. The number of hydrogen-bond acceptors (Lipinski definition) is 8. The van der Waals surface area contributed by atoms with Crippen LogP contribution in [0.4, 0.5) is 0 Å². The first-order chi connectivity index (χ1) is 13.8. The van der Waals surface area contributed by atoms with Gasteiger partial charge in [-0.25, -0.2) is 4.79 Å². The van der Waals surface area contributed by atoms with Crippen LogP contribution in [0.2, 0.25) is 0 Å². The van der Waals surface area contributed by atoms with E-state index in [0.717, 1.165) is 0 Å². The summed E-state index contributed by atoms with van der Waals surface area (Å²) in [6.45, 7) is 3.86. The number of rotatable bonds is 13. The van der Waals surface area contributed by atoms with E-state index >= 15 is 0 Å². The highest BCUT2D eigenvalue weighted by Crippen LogP contribution is 2.07.